The third kappa shape index (κ3) is 5.46. The van der Waals surface area contributed by atoms with Crippen molar-refractivity contribution in [3.63, 3.8) is 0 Å². The van der Waals surface area contributed by atoms with Crippen LogP contribution in [0.2, 0.25) is 0 Å². The standard InChI is InChI=1S/C12H18N2O4S.ClH/c1-13-8-3-9-14-19(16,17)11-6-4-10(5-7-11)12(15)18-2;/h4-7,13-14H,3,8-9H2,1-2H3;1H. The molecule has 0 aromatic heterocycles. The predicted octanol–water partition coefficient (Wildman–Crippen LogP) is 0.783. The Kier molecular flexibility index (Phi) is 8.40. The fraction of sp³-hybridized carbons (Fsp3) is 0.417. The second-order valence-corrected chi connectivity index (χ2v) is 5.64. The average Bonchev–Trinajstić information content (AvgIpc) is 2.43. The fourth-order valence-electron chi connectivity index (χ4n) is 1.44. The van der Waals surface area contributed by atoms with Crippen LogP contribution in [0.25, 0.3) is 0 Å². The third-order valence-corrected chi connectivity index (χ3v) is 3.96. The molecule has 0 saturated carbocycles. The van der Waals surface area contributed by atoms with Gasteiger partial charge in [0.15, 0.2) is 0 Å². The number of benzene rings is 1. The van der Waals surface area contributed by atoms with E-state index in [2.05, 4.69) is 14.8 Å². The van der Waals surface area contributed by atoms with Gasteiger partial charge < -0.3 is 10.1 Å². The summed E-state index contributed by atoms with van der Waals surface area (Å²) >= 11 is 0. The van der Waals surface area contributed by atoms with Crippen molar-refractivity contribution >= 4 is 28.4 Å². The van der Waals surface area contributed by atoms with Crippen molar-refractivity contribution in [3.05, 3.63) is 29.8 Å². The summed E-state index contributed by atoms with van der Waals surface area (Å²) < 4.78 is 30.8. The molecule has 0 heterocycles. The maximum atomic E-state index is 11.9. The maximum Gasteiger partial charge on any atom is 0.337 e. The number of halogens is 1. The number of sulfonamides is 1. The van der Waals surface area contributed by atoms with E-state index < -0.39 is 16.0 Å². The van der Waals surface area contributed by atoms with Crippen LogP contribution >= 0.6 is 12.4 Å². The summed E-state index contributed by atoms with van der Waals surface area (Å²) in [7, 11) is -0.440. The van der Waals surface area contributed by atoms with Crippen LogP contribution in [-0.4, -0.2) is 41.6 Å². The van der Waals surface area contributed by atoms with E-state index >= 15 is 0 Å². The van der Waals surface area contributed by atoms with E-state index in [9.17, 15) is 13.2 Å². The lowest BCUT2D eigenvalue weighted by Crippen LogP contribution is -2.26. The van der Waals surface area contributed by atoms with Gasteiger partial charge in [-0.25, -0.2) is 17.9 Å². The Hall–Kier alpha value is -1.15. The molecule has 0 aliphatic carbocycles. The average molecular weight is 323 g/mol. The first-order valence-corrected chi connectivity index (χ1v) is 7.32. The molecule has 8 heteroatoms. The molecule has 0 aliphatic heterocycles. The van der Waals surface area contributed by atoms with Gasteiger partial charge in [-0.05, 0) is 44.3 Å². The number of hydrogen-bond acceptors (Lipinski definition) is 5. The molecule has 2 N–H and O–H groups in total. The topological polar surface area (TPSA) is 84.5 Å². The normalized spacial score (nSPS) is 10.7. The molecular weight excluding hydrogens is 304 g/mol. The van der Waals surface area contributed by atoms with Gasteiger partial charge in [-0.2, -0.15) is 0 Å². The van der Waals surface area contributed by atoms with Crippen LogP contribution in [0, 0.1) is 0 Å². The second kappa shape index (κ2) is 8.91. The number of nitrogens with one attached hydrogen (secondary N) is 2. The number of methoxy groups -OCH3 is 1. The summed E-state index contributed by atoms with van der Waals surface area (Å²) in [5.41, 5.74) is 0.316. The number of carbonyl (C=O) groups excluding carboxylic acids is 1. The first-order valence-electron chi connectivity index (χ1n) is 5.84. The molecule has 20 heavy (non-hydrogen) atoms. The predicted molar refractivity (Wildman–Crippen MR) is 78.8 cm³/mol. The molecule has 1 rings (SSSR count). The Bertz CT molecular complexity index is 517. The van der Waals surface area contributed by atoms with E-state index in [-0.39, 0.29) is 17.3 Å². The zero-order valence-electron chi connectivity index (χ0n) is 11.4. The molecule has 0 bridgehead atoms. The Morgan fingerprint density at radius 2 is 1.80 bits per heavy atom. The molecule has 0 radical (unpaired) electrons. The fourth-order valence-corrected chi connectivity index (χ4v) is 2.52. The highest BCUT2D eigenvalue weighted by Gasteiger charge is 2.14. The summed E-state index contributed by atoms with van der Waals surface area (Å²) in [5, 5.41) is 2.93. The summed E-state index contributed by atoms with van der Waals surface area (Å²) in [5.74, 6) is -0.495. The van der Waals surface area contributed by atoms with Crippen molar-refractivity contribution < 1.29 is 17.9 Å². The zero-order chi connectivity index (χ0) is 14.3. The van der Waals surface area contributed by atoms with Gasteiger partial charge in [-0.15, -0.1) is 12.4 Å². The monoisotopic (exact) mass is 322 g/mol. The minimum atomic E-state index is -3.52. The van der Waals surface area contributed by atoms with Crippen LogP contribution < -0.4 is 10.0 Å². The third-order valence-electron chi connectivity index (χ3n) is 2.48. The molecule has 0 spiro atoms. The largest absolute Gasteiger partial charge is 0.465 e. The van der Waals surface area contributed by atoms with Crippen molar-refractivity contribution in [2.75, 3.05) is 27.2 Å². The molecule has 0 saturated heterocycles. The molecule has 0 aliphatic rings. The highest BCUT2D eigenvalue weighted by Crippen LogP contribution is 2.11. The Morgan fingerprint density at radius 1 is 1.20 bits per heavy atom. The highest BCUT2D eigenvalue weighted by molar-refractivity contribution is 7.89. The molecule has 0 fully saturated rings. The lowest BCUT2D eigenvalue weighted by molar-refractivity contribution is 0.0600. The van der Waals surface area contributed by atoms with Crippen LogP contribution in [0.3, 0.4) is 0 Å². The SMILES string of the molecule is CNCCCNS(=O)(=O)c1ccc(C(=O)OC)cc1.Cl. The van der Waals surface area contributed by atoms with Gasteiger partial charge in [-0.3, -0.25) is 0 Å². The number of ether oxygens (including phenoxy) is 1. The van der Waals surface area contributed by atoms with E-state index in [1.54, 1.807) is 7.05 Å². The van der Waals surface area contributed by atoms with Gasteiger partial charge in [0, 0.05) is 6.54 Å². The molecule has 6 nitrogen and oxygen atoms in total. The van der Waals surface area contributed by atoms with Crippen molar-refractivity contribution in [2.45, 2.75) is 11.3 Å². The summed E-state index contributed by atoms with van der Waals surface area (Å²) in [4.78, 5) is 11.4. The smallest absolute Gasteiger partial charge is 0.337 e. The second-order valence-electron chi connectivity index (χ2n) is 3.87. The summed E-state index contributed by atoms with van der Waals surface area (Å²) in [6, 6.07) is 5.61. The van der Waals surface area contributed by atoms with Crippen molar-refractivity contribution in [1.82, 2.24) is 10.0 Å². The minimum absolute atomic E-state index is 0. The van der Waals surface area contributed by atoms with Crippen LogP contribution in [-0.2, 0) is 14.8 Å². The van der Waals surface area contributed by atoms with Crippen molar-refractivity contribution in [3.8, 4) is 0 Å². The molecule has 0 amide bonds. The summed E-state index contributed by atoms with van der Waals surface area (Å²) in [6.07, 6.45) is 0.704. The zero-order valence-corrected chi connectivity index (χ0v) is 13.0. The summed E-state index contributed by atoms with van der Waals surface area (Å²) in [6.45, 7) is 1.10. The van der Waals surface area contributed by atoms with Crippen LogP contribution in [0.5, 0.6) is 0 Å². The van der Waals surface area contributed by atoms with Crippen LogP contribution in [0.15, 0.2) is 29.2 Å². The van der Waals surface area contributed by atoms with E-state index in [1.807, 2.05) is 0 Å². The van der Waals surface area contributed by atoms with Crippen molar-refractivity contribution in [1.29, 1.82) is 0 Å². The van der Waals surface area contributed by atoms with Crippen molar-refractivity contribution in [2.24, 2.45) is 0 Å². The van der Waals surface area contributed by atoms with E-state index in [0.29, 0.717) is 18.5 Å². The van der Waals surface area contributed by atoms with Gasteiger partial charge >= 0.3 is 5.97 Å². The number of hydrogen-bond donors (Lipinski definition) is 2. The van der Waals surface area contributed by atoms with E-state index in [0.717, 1.165) is 6.54 Å². The minimum Gasteiger partial charge on any atom is -0.465 e. The Morgan fingerprint density at radius 3 is 2.30 bits per heavy atom. The quantitative estimate of drug-likeness (QED) is 0.572. The lowest BCUT2D eigenvalue weighted by Gasteiger charge is -2.07. The number of carbonyl (C=O) groups is 1. The highest BCUT2D eigenvalue weighted by atomic mass is 35.5. The van der Waals surface area contributed by atoms with Gasteiger partial charge in [0.1, 0.15) is 0 Å². The van der Waals surface area contributed by atoms with Gasteiger partial charge in [0.2, 0.25) is 10.0 Å². The van der Waals surface area contributed by atoms with Gasteiger partial charge in [-0.1, -0.05) is 0 Å². The molecular formula is C12H19ClN2O4S. The van der Waals surface area contributed by atoms with E-state index in [1.165, 1.54) is 31.4 Å². The molecule has 0 atom stereocenters. The Labute approximate surface area is 125 Å². The first kappa shape index (κ1) is 18.9. The molecule has 114 valence electrons. The Balaban J connectivity index is 0.00000361. The molecule has 1 aromatic carbocycles. The number of esters is 1. The van der Waals surface area contributed by atoms with Gasteiger partial charge in [0.05, 0.1) is 17.6 Å². The van der Waals surface area contributed by atoms with Gasteiger partial charge in [0.25, 0.3) is 0 Å². The molecule has 1 aromatic rings. The first-order chi connectivity index (χ1) is 9.01. The van der Waals surface area contributed by atoms with E-state index in [4.69, 9.17) is 0 Å². The van der Waals surface area contributed by atoms with Crippen LogP contribution in [0.4, 0.5) is 0 Å². The maximum absolute atomic E-state index is 11.9. The van der Waals surface area contributed by atoms with Crippen LogP contribution in [0.1, 0.15) is 16.8 Å². The molecule has 0 unspecified atom stereocenters. The number of rotatable bonds is 7. The lowest BCUT2D eigenvalue weighted by atomic mass is 10.2.